The van der Waals surface area contributed by atoms with Gasteiger partial charge in [-0.05, 0) is 37.8 Å². The number of methoxy groups -OCH3 is 1. The number of hydrogen-bond acceptors (Lipinski definition) is 8. The Hall–Kier alpha value is -3.36. The van der Waals surface area contributed by atoms with Gasteiger partial charge in [-0.15, -0.1) is 0 Å². The Balaban J connectivity index is 1.19. The number of fused-ring (bicyclic) bond motifs is 1. The third-order valence-corrected chi connectivity index (χ3v) is 7.93. The van der Waals surface area contributed by atoms with Crippen LogP contribution in [0.5, 0.6) is 0 Å². The lowest BCUT2D eigenvalue weighted by molar-refractivity contribution is -0.138. The smallest absolute Gasteiger partial charge is 0.381 e. The number of urea groups is 1. The highest BCUT2D eigenvalue weighted by molar-refractivity contribution is 5.89. The van der Waals surface area contributed by atoms with Gasteiger partial charge >= 0.3 is 12.2 Å². The largest absolute Gasteiger partial charge is 0.417 e. The van der Waals surface area contributed by atoms with E-state index in [9.17, 15) is 27.9 Å². The summed E-state index contributed by atoms with van der Waals surface area (Å²) < 4.78 is 45.6. The number of ether oxygens (including phenoxy) is 1. The van der Waals surface area contributed by atoms with Gasteiger partial charge in [0.2, 0.25) is 0 Å². The minimum absolute atomic E-state index is 0.163. The number of carbonyl (C=O) groups is 1. The van der Waals surface area contributed by atoms with Crippen LogP contribution in [0.1, 0.15) is 43.0 Å². The van der Waals surface area contributed by atoms with Gasteiger partial charge in [-0.1, -0.05) is 0 Å². The number of aryl methyl sites for hydroxylation is 1. The molecule has 0 spiro atoms. The molecule has 2 aromatic rings. The van der Waals surface area contributed by atoms with Crippen molar-refractivity contribution in [3.8, 4) is 0 Å². The first-order valence-electron chi connectivity index (χ1n) is 12.8. The van der Waals surface area contributed by atoms with Crippen molar-refractivity contribution < 1.29 is 27.8 Å². The number of aliphatic hydroxyl groups is 1. The molecule has 3 aliphatic rings. The van der Waals surface area contributed by atoms with Gasteiger partial charge in [0, 0.05) is 58.1 Å². The molecule has 0 aromatic carbocycles. The zero-order chi connectivity index (χ0) is 28.1. The fraction of sp³-hybridized carbons (Fsp3) is 0.560. The van der Waals surface area contributed by atoms with Crippen molar-refractivity contribution in [2.75, 3.05) is 42.9 Å². The first-order chi connectivity index (χ1) is 18.5. The van der Waals surface area contributed by atoms with Crippen molar-refractivity contribution in [3.05, 3.63) is 46.0 Å². The summed E-state index contributed by atoms with van der Waals surface area (Å²) in [6.45, 7) is 1.22. The number of aromatic nitrogens is 2. The van der Waals surface area contributed by atoms with Crippen LogP contribution < -0.4 is 21.2 Å². The number of amides is 2. The molecular formula is C25H32F3N7O4. The molecule has 11 nitrogen and oxygen atoms in total. The molecule has 3 N–H and O–H groups in total. The van der Waals surface area contributed by atoms with Crippen molar-refractivity contribution in [3.63, 3.8) is 0 Å². The molecule has 0 bridgehead atoms. The van der Waals surface area contributed by atoms with Crippen molar-refractivity contribution in [1.29, 1.82) is 0 Å². The molecule has 1 saturated carbocycles. The highest BCUT2D eigenvalue weighted by Gasteiger charge is 2.42. The van der Waals surface area contributed by atoms with Gasteiger partial charge in [0.1, 0.15) is 11.5 Å². The minimum atomic E-state index is -4.65. The van der Waals surface area contributed by atoms with Crippen LogP contribution >= 0.6 is 0 Å². The Bertz CT molecular complexity index is 1290. The Morgan fingerprint density at radius 2 is 1.95 bits per heavy atom. The maximum absolute atomic E-state index is 13.2. The molecule has 2 amide bonds. The van der Waals surface area contributed by atoms with Crippen LogP contribution in [0, 0.1) is 0 Å². The van der Waals surface area contributed by atoms with Crippen molar-refractivity contribution >= 4 is 23.2 Å². The maximum Gasteiger partial charge on any atom is 0.417 e. The van der Waals surface area contributed by atoms with Gasteiger partial charge in [0.15, 0.2) is 6.23 Å². The predicted octanol–water partition coefficient (Wildman–Crippen LogP) is 2.74. The number of pyridine rings is 2. The van der Waals surface area contributed by atoms with Gasteiger partial charge in [-0.2, -0.15) is 18.2 Å². The molecule has 2 fully saturated rings. The summed E-state index contributed by atoms with van der Waals surface area (Å²) in [6.07, 6.45) is 0.0632. The number of hydrazine groups is 1. The van der Waals surface area contributed by atoms with Crippen LogP contribution in [-0.2, 0) is 18.0 Å². The molecule has 1 atom stereocenters. The van der Waals surface area contributed by atoms with Crippen LogP contribution in [0.15, 0.2) is 29.3 Å². The molecule has 1 aliphatic carbocycles. The van der Waals surface area contributed by atoms with E-state index in [-0.39, 0.29) is 18.2 Å². The summed E-state index contributed by atoms with van der Waals surface area (Å²) in [5, 5.41) is 15.0. The Morgan fingerprint density at radius 3 is 2.59 bits per heavy atom. The molecule has 212 valence electrons. The lowest BCUT2D eigenvalue weighted by Crippen LogP contribution is -2.49. The topological polar surface area (TPSA) is 115 Å². The summed E-state index contributed by atoms with van der Waals surface area (Å²) >= 11 is 0. The van der Waals surface area contributed by atoms with E-state index in [1.54, 1.807) is 20.4 Å². The second-order valence-corrected chi connectivity index (χ2v) is 10.3. The lowest BCUT2D eigenvalue weighted by Gasteiger charge is -2.41. The average molecular weight is 552 g/mol. The van der Waals surface area contributed by atoms with Crippen LogP contribution in [-0.4, -0.2) is 76.0 Å². The van der Waals surface area contributed by atoms with Gasteiger partial charge in [0.25, 0.3) is 5.56 Å². The molecule has 0 radical (unpaired) electrons. The number of rotatable bonds is 5. The number of nitrogens with one attached hydrogen (secondary N) is 2. The minimum Gasteiger partial charge on any atom is -0.381 e. The van der Waals surface area contributed by atoms with Gasteiger partial charge in [-0.25, -0.2) is 9.78 Å². The zero-order valence-electron chi connectivity index (χ0n) is 21.9. The Kier molecular flexibility index (Phi) is 7.20. The summed E-state index contributed by atoms with van der Waals surface area (Å²) in [7, 11) is 4.45. The fourth-order valence-electron chi connectivity index (χ4n) is 5.35. The summed E-state index contributed by atoms with van der Waals surface area (Å²) in [6, 6.07) is 1.92. The maximum atomic E-state index is 13.2. The first kappa shape index (κ1) is 27.2. The fourth-order valence-corrected chi connectivity index (χ4v) is 5.35. The third-order valence-electron chi connectivity index (χ3n) is 7.93. The van der Waals surface area contributed by atoms with E-state index in [2.05, 4.69) is 20.6 Å². The van der Waals surface area contributed by atoms with Gasteiger partial charge in [0.05, 0.1) is 23.6 Å². The summed E-state index contributed by atoms with van der Waals surface area (Å²) in [4.78, 5) is 33.2. The Labute approximate surface area is 223 Å². The molecule has 1 saturated heterocycles. The van der Waals surface area contributed by atoms with E-state index in [0.29, 0.717) is 49.6 Å². The average Bonchev–Trinajstić information content (AvgIpc) is 3.20. The third kappa shape index (κ3) is 5.28. The van der Waals surface area contributed by atoms with E-state index >= 15 is 0 Å². The quantitative estimate of drug-likeness (QED) is 0.520. The number of alkyl halides is 3. The number of carbonyl (C=O) groups excluding carboxylic acids is 1. The van der Waals surface area contributed by atoms with E-state index in [4.69, 9.17) is 4.74 Å². The SMILES string of the molecule is COC1CC(N2Nc3ncc(N4CCC(N(C)C(=O)Nc5cc(C(F)(F)F)cn(C)c5=O)CC4)cc3C2O)C1. The molecule has 5 rings (SSSR count). The van der Waals surface area contributed by atoms with E-state index < -0.39 is 35.2 Å². The monoisotopic (exact) mass is 551 g/mol. The highest BCUT2D eigenvalue weighted by atomic mass is 19.4. The van der Waals surface area contributed by atoms with Gasteiger partial charge < -0.3 is 29.5 Å². The number of piperidine rings is 1. The standard InChI is InChI=1S/C25H32F3N7O4/c1-32-13-14(25(26,27)28)8-20(23(32)37)30-24(38)33(2)15-4-6-34(7-5-15)17-11-19-21(29-12-17)31-35(22(19)36)16-9-18(10-16)39-3/h8,11-13,15-16,18,22,36H,4-7,9-10H2,1-3H3,(H,29,31)(H,30,38). The number of anilines is 3. The second kappa shape index (κ2) is 10.3. The van der Waals surface area contributed by atoms with Crippen LogP contribution in [0.4, 0.5) is 35.2 Å². The number of nitrogens with zero attached hydrogens (tertiary/aromatic N) is 5. The van der Waals surface area contributed by atoms with E-state index in [1.807, 2.05) is 11.1 Å². The molecular weight excluding hydrogens is 519 g/mol. The molecule has 2 aliphatic heterocycles. The summed E-state index contributed by atoms with van der Waals surface area (Å²) in [5.41, 5.74) is 2.59. The second-order valence-electron chi connectivity index (χ2n) is 10.3. The Morgan fingerprint density at radius 1 is 1.26 bits per heavy atom. The van der Waals surface area contributed by atoms with E-state index in [1.165, 1.54) is 11.9 Å². The van der Waals surface area contributed by atoms with Crippen LogP contribution in [0.2, 0.25) is 0 Å². The molecule has 4 heterocycles. The van der Waals surface area contributed by atoms with Gasteiger partial charge in [-0.3, -0.25) is 10.2 Å². The van der Waals surface area contributed by atoms with Crippen molar-refractivity contribution in [2.24, 2.45) is 7.05 Å². The lowest BCUT2D eigenvalue weighted by atomic mass is 9.88. The predicted molar refractivity (Wildman–Crippen MR) is 137 cm³/mol. The number of halogens is 3. The number of aliphatic hydroxyl groups excluding tert-OH is 1. The number of hydrogen-bond donors (Lipinski definition) is 3. The van der Waals surface area contributed by atoms with Crippen molar-refractivity contribution in [2.45, 2.75) is 56.3 Å². The molecule has 1 unspecified atom stereocenters. The van der Waals surface area contributed by atoms with Crippen molar-refractivity contribution in [1.82, 2.24) is 19.5 Å². The first-order valence-corrected chi connectivity index (χ1v) is 12.8. The highest BCUT2D eigenvalue weighted by Crippen LogP contribution is 2.40. The summed E-state index contributed by atoms with van der Waals surface area (Å²) in [5.74, 6) is 0.624. The van der Waals surface area contributed by atoms with Crippen LogP contribution in [0.3, 0.4) is 0 Å². The zero-order valence-corrected chi connectivity index (χ0v) is 21.9. The van der Waals surface area contributed by atoms with Crippen LogP contribution in [0.25, 0.3) is 0 Å². The molecule has 2 aromatic heterocycles. The van der Waals surface area contributed by atoms with E-state index in [0.717, 1.165) is 23.1 Å². The molecule has 39 heavy (non-hydrogen) atoms. The normalized spacial score (nSPS) is 23.7. The molecule has 14 heteroatoms.